The highest BCUT2D eigenvalue weighted by Crippen LogP contribution is 2.19. The minimum Gasteiger partial charge on any atom is -0.375 e. The van der Waals surface area contributed by atoms with E-state index in [2.05, 4.69) is 50.1 Å². The number of allylic oxidation sites excluding steroid dienone is 2. The largest absolute Gasteiger partial charge is 0.375 e. The van der Waals surface area contributed by atoms with E-state index in [-0.39, 0.29) is 12.2 Å². The Kier molecular flexibility index (Phi) is 11.0. The van der Waals surface area contributed by atoms with E-state index in [9.17, 15) is 0 Å². The smallest absolute Gasteiger partial charge is 0.101 e. The van der Waals surface area contributed by atoms with Crippen molar-refractivity contribution in [2.75, 3.05) is 13.7 Å². The van der Waals surface area contributed by atoms with Gasteiger partial charge in [0.15, 0.2) is 0 Å². The van der Waals surface area contributed by atoms with Gasteiger partial charge < -0.3 is 9.47 Å². The molecule has 1 saturated heterocycles. The summed E-state index contributed by atoms with van der Waals surface area (Å²) in [7, 11) is 1.77. The minimum atomic E-state index is 0.138. The van der Waals surface area contributed by atoms with E-state index in [0.29, 0.717) is 0 Å². The molecule has 20 heavy (non-hydrogen) atoms. The van der Waals surface area contributed by atoms with E-state index < -0.39 is 0 Å². The number of ether oxygens (including phenoxy) is 2. The maximum Gasteiger partial charge on any atom is 0.101 e. The predicted molar refractivity (Wildman–Crippen MR) is 92.6 cm³/mol. The standard InChI is InChI=1S/C16H26Br2O2/c1-19-14(15-11-9-13-20-15)10-7-5-3-2-4-6-8-12-16(17)18/h7,10,12,14-15H,2-6,8-9,11,13H2,1H3. The van der Waals surface area contributed by atoms with Gasteiger partial charge in [-0.05, 0) is 70.4 Å². The summed E-state index contributed by atoms with van der Waals surface area (Å²) in [5, 5.41) is 0. The molecule has 116 valence electrons. The highest BCUT2D eigenvalue weighted by molar-refractivity contribution is 9.28. The van der Waals surface area contributed by atoms with Gasteiger partial charge in [0.2, 0.25) is 0 Å². The highest BCUT2D eigenvalue weighted by Gasteiger charge is 2.23. The summed E-state index contributed by atoms with van der Waals surface area (Å²) in [5.74, 6) is 0. The summed E-state index contributed by atoms with van der Waals surface area (Å²) in [5.41, 5.74) is 0. The minimum absolute atomic E-state index is 0.138. The maximum atomic E-state index is 5.66. The Labute approximate surface area is 140 Å². The lowest BCUT2D eigenvalue weighted by Crippen LogP contribution is -2.25. The van der Waals surface area contributed by atoms with E-state index in [1.165, 1.54) is 25.7 Å². The van der Waals surface area contributed by atoms with Crippen molar-refractivity contribution in [3.63, 3.8) is 0 Å². The van der Waals surface area contributed by atoms with E-state index >= 15 is 0 Å². The SMILES string of the molecule is COC(C=CCCCCCCC=C(Br)Br)C1CCCO1. The second-order valence-electron chi connectivity index (χ2n) is 5.17. The van der Waals surface area contributed by atoms with Crippen molar-refractivity contribution in [3.05, 3.63) is 21.6 Å². The number of hydrogen-bond donors (Lipinski definition) is 0. The second-order valence-corrected chi connectivity index (χ2v) is 7.94. The predicted octanol–water partition coefficient (Wildman–Crippen LogP) is 5.71. The molecule has 1 rings (SSSR count). The van der Waals surface area contributed by atoms with Gasteiger partial charge in [0.05, 0.1) is 9.50 Å². The molecule has 1 heterocycles. The Morgan fingerprint density at radius 1 is 1.25 bits per heavy atom. The summed E-state index contributed by atoms with van der Waals surface area (Å²) >= 11 is 6.74. The second kappa shape index (κ2) is 12.0. The van der Waals surface area contributed by atoms with Crippen LogP contribution in [0.15, 0.2) is 21.6 Å². The topological polar surface area (TPSA) is 18.5 Å². The summed E-state index contributed by atoms with van der Waals surface area (Å²) in [6.07, 6.45) is 16.7. The molecule has 2 unspecified atom stereocenters. The zero-order valence-electron chi connectivity index (χ0n) is 12.3. The van der Waals surface area contributed by atoms with Crippen molar-refractivity contribution < 1.29 is 9.47 Å². The van der Waals surface area contributed by atoms with Gasteiger partial charge in [0.25, 0.3) is 0 Å². The van der Waals surface area contributed by atoms with E-state index in [1.54, 1.807) is 7.11 Å². The van der Waals surface area contributed by atoms with Crippen LogP contribution in [-0.4, -0.2) is 25.9 Å². The van der Waals surface area contributed by atoms with Gasteiger partial charge in [-0.2, -0.15) is 0 Å². The Balaban J connectivity index is 2.01. The fourth-order valence-electron chi connectivity index (χ4n) is 2.42. The first kappa shape index (κ1) is 18.4. The molecule has 2 atom stereocenters. The Hall–Kier alpha value is 0.360. The van der Waals surface area contributed by atoms with E-state index in [1.807, 2.05) is 0 Å². The summed E-state index contributed by atoms with van der Waals surface area (Å²) in [4.78, 5) is 0. The Bertz CT molecular complexity index is 293. The molecule has 1 fully saturated rings. The van der Waals surface area contributed by atoms with Crippen molar-refractivity contribution in [1.82, 2.24) is 0 Å². The van der Waals surface area contributed by atoms with Crippen LogP contribution in [0.5, 0.6) is 0 Å². The van der Waals surface area contributed by atoms with Gasteiger partial charge in [0.1, 0.15) is 6.10 Å². The molecule has 2 nitrogen and oxygen atoms in total. The van der Waals surface area contributed by atoms with Gasteiger partial charge in [-0.25, -0.2) is 0 Å². The molecule has 0 aromatic rings. The molecule has 4 heteroatoms. The van der Waals surface area contributed by atoms with Gasteiger partial charge in [0, 0.05) is 13.7 Å². The first-order valence-electron chi connectivity index (χ1n) is 7.56. The Morgan fingerprint density at radius 3 is 2.60 bits per heavy atom. The molecule has 0 radical (unpaired) electrons. The van der Waals surface area contributed by atoms with Crippen molar-refractivity contribution >= 4 is 31.9 Å². The lowest BCUT2D eigenvalue weighted by Gasteiger charge is -2.17. The summed E-state index contributed by atoms with van der Waals surface area (Å²) in [6.45, 7) is 0.886. The highest BCUT2D eigenvalue weighted by atomic mass is 79.9. The number of halogens is 2. The van der Waals surface area contributed by atoms with Crippen molar-refractivity contribution in [2.24, 2.45) is 0 Å². The quantitative estimate of drug-likeness (QED) is 0.340. The van der Waals surface area contributed by atoms with Crippen LogP contribution in [0.2, 0.25) is 0 Å². The normalized spacial score (nSPS) is 20.4. The van der Waals surface area contributed by atoms with Gasteiger partial charge in [-0.1, -0.05) is 31.1 Å². The fraction of sp³-hybridized carbons (Fsp3) is 0.750. The van der Waals surface area contributed by atoms with Gasteiger partial charge in [-0.3, -0.25) is 0 Å². The van der Waals surface area contributed by atoms with Crippen LogP contribution in [0.4, 0.5) is 0 Å². The monoisotopic (exact) mass is 408 g/mol. The number of methoxy groups -OCH3 is 1. The molecule has 0 saturated carbocycles. The van der Waals surface area contributed by atoms with Gasteiger partial charge in [-0.15, -0.1) is 0 Å². The molecule has 1 aliphatic rings. The first-order valence-corrected chi connectivity index (χ1v) is 9.15. The lowest BCUT2D eigenvalue weighted by molar-refractivity contribution is -0.00176. The lowest BCUT2D eigenvalue weighted by atomic mass is 10.1. The first-order chi connectivity index (χ1) is 9.74. The van der Waals surface area contributed by atoms with E-state index in [4.69, 9.17) is 9.47 Å². The van der Waals surface area contributed by atoms with Crippen molar-refractivity contribution in [2.45, 2.75) is 63.6 Å². The van der Waals surface area contributed by atoms with Crippen LogP contribution in [-0.2, 0) is 9.47 Å². The van der Waals surface area contributed by atoms with Crippen molar-refractivity contribution in [3.8, 4) is 0 Å². The van der Waals surface area contributed by atoms with Crippen LogP contribution in [0.25, 0.3) is 0 Å². The van der Waals surface area contributed by atoms with Crippen LogP contribution < -0.4 is 0 Å². The van der Waals surface area contributed by atoms with Crippen LogP contribution >= 0.6 is 31.9 Å². The zero-order chi connectivity index (χ0) is 14.6. The van der Waals surface area contributed by atoms with E-state index in [0.717, 1.165) is 35.7 Å². The molecule has 0 aliphatic carbocycles. The van der Waals surface area contributed by atoms with Gasteiger partial charge >= 0.3 is 0 Å². The third-order valence-corrected chi connectivity index (χ3v) is 4.20. The van der Waals surface area contributed by atoms with Crippen molar-refractivity contribution in [1.29, 1.82) is 0 Å². The molecule has 1 aliphatic heterocycles. The van der Waals surface area contributed by atoms with Crippen LogP contribution in [0, 0.1) is 0 Å². The molecule has 0 aromatic heterocycles. The molecule has 0 amide bonds. The number of hydrogen-bond acceptors (Lipinski definition) is 2. The molecule has 0 spiro atoms. The fourth-order valence-corrected chi connectivity index (χ4v) is 2.88. The number of rotatable bonds is 10. The zero-order valence-corrected chi connectivity index (χ0v) is 15.5. The Morgan fingerprint density at radius 2 is 2.00 bits per heavy atom. The van der Waals surface area contributed by atoms with Crippen LogP contribution in [0.3, 0.4) is 0 Å². The summed E-state index contributed by atoms with van der Waals surface area (Å²) in [6, 6.07) is 0. The average molecular weight is 410 g/mol. The maximum absolute atomic E-state index is 5.66. The number of unbranched alkanes of at least 4 members (excludes halogenated alkanes) is 5. The third-order valence-electron chi connectivity index (χ3n) is 3.55. The molecule has 0 N–H and O–H groups in total. The molecule has 0 bridgehead atoms. The molecular weight excluding hydrogens is 384 g/mol. The summed E-state index contributed by atoms with van der Waals surface area (Å²) < 4.78 is 12.2. The molecular formula is C16H26Br2O2. The van der Waals surface area contributed by atoms with Crippen LogP contribution in [0.1, 0.15) is 51.4 Å². The third kappa shape index (κ3) is 8.60. The average Bonchev–Trinajstić information content (AvgIpc) is 2.94. The molecule has 0 aromatic carbocycles.